The summed E-state index contributed by atoms with van der Waals surface area (Å²) in [7, 11) is 1.86. The minimum absolute atomic E-state index is 0. The molecule has 1 saturated heterocycles. The summed E-state index contributed by atoms with van der Waals surface area (Å²) < 4.78 is 0. The predicted molar refractivity (Wildman–Crippen MR) is 125 cm³/mol. The van der Waals surface area contributed by atoms with Crippen LogP contribution >= 0.6 is 24.0 Å². The zero-order valence-corrected chi connectivity index (χ0v) is 18.6. The number of piperazine rings is 1. The van der Waals surface area contributed by atoms with Crippen LogP contribution in [-0.2, 0) is 6.42 Å². The summed E-state index contributed by atoms with van der Waals surface area (Å²) in [5.74, 6) is 1.81. The molecule has 0 radical (unpaired) electrons. The highest BCUT2D eigenvalue weighted by Gasteiger charge is 2.23. The molecule has 3 heterocycles. The smallest absolute Gasteiger partial charge is 0.225 e. The lowest BCUT2D eigenvalue weighted by atomic mass is 10.2. The number of guanidine groups is 1. The van der Waals surface area contributed by atoms with E-state index in [9.17, 15) is 0 Å². The molecule has 0 bridgehead atoms. The SMILES string of the molecule is CN=C(NCCN1CCN(c2ncccn2)CC1)N1CCc2ccccc21.I. The van der Waals surface area contributed by atoms with Crippen LogP contribution in [0.2, 0.25) is 0 Å². The van der Waals surface area contributed by atoms with E-state index in [1.54, 1.807) is 12.4 Å². The van der Waals surface area contributed by atoms with Crippen LogP contribution in [0.1, 0.15) is 5.56 Å². The molecule has 2 aromatic rings. The number of fused-ring (bicyclic) bond motifs is 1. The van der Waals surface area contributed by atoms with Gasteiger partial charge in [-0.1, -0.05) is 18.2 Å². The van der Waals surface area contributed by atoms with Crippen LogP contribution in [0.3, 0.4) is 0 Å². The Labute approximate surface area is 183 Å². The van der Waals surface area contributed by atoms with Crippen molar-refractivity contribution in [3.63, 3.8) is 0 Å². The van der Waals surface area contributed by atoms with Gasteiger partial charge >= 0.3 is 0 Å². The molecule has 0 unspecified atom stereocenters. The normalized spacial score (nSPS) is 17.2. The maximum absolute atomic E-state index is 4.49. The van der Waals surface area contributed by atoms with Gasteiger partial charge in [0.05, 0.1) is 0 Å². The highest BCUT2D eigenvalue weighted by Crippen LogP contribution is 2.27. The monoisotopic (exact) mass is 493 g/mol. The Morgan fingerprint density at radius 2 is 1.79 bits per heavy atom. The van der Waals surface area contributed by atoms with Gasteiger partial charge in [0.2, 0.25) is 5.95 Å². The van der Waals surface area contributed by atoms with Crippen molar-refractivity contribution in [3.05, 3.63) is 48.3 Å². The Kier molecular flexibility index (Phi) is 7.43. The molecule has 1 aromatic carbocycles. The lowest BCUT2D eigenvalue weighted by molar-refractivity contribution is 0.260. The number of para-hydroxylation sites is 1. The molecule has 8 heteroatoms. The Morgan fingerprint density at radius 1 is 1.04 bits per heavy atom. The number of aromatic nitrogens is 2. The van der Waals surface area contributed by atoms with E-state index in [2.05, 4.69) is 59.2 Å². The molecule has 0 saturated carbocycles. The van der Waals surface area contributed by atoms with Crippen molar-refractivity contribution >= 4 is 41.6 Å². The molecule has 1 N–H and O–H groups in total. The lowest BCUT2D eigenvalue weighted by Crippen LogP contribution is -2.50. The van der Waals surface area contributed by atoms with Gasteiger partial charge in [0.1, 0.15) is 0 Å². The third kappa shape index (κ3) is 4.72. The second-order valence-electron chi connectivity index (χ2n) is 6.88. The van der Waals surface area contributed by atoms with Crippen LogP contribution in [0, 0.1) is 0 Å². The maximum atomic E-state index is 4.49. The van der Waals surface area contributed by atoms with Gasteiger partial charge in [0.15, 0.2) is 5.96 Å². The minimum atomic E-state index is 0. The highest BCUT2D eigenvalue weighted by molar-refractivity contribution is 14.0. The van der Waals surface area contributed by atoms with Crippen molar-refractivity contribution < 1.29 is 0 Å². The summed E-state index contributed by atoms with van der Waals surface area (Å²) in [6.07, 6.45) is 4.70. The highest BCUT2D eigenvalue weighted by atomic mass is 127. The van der Waals surface area contributed by atoms with Gasteiger partial charge in [-0.2, -0.15) is 0 Å². The first kappa shape index (κ1) is 20.8. The van der Waals surface area contributed by atoms with E-state index >= 15 is 0 Å². The van der Waals surface area contributed by atoms with Crippen LogP contribution in [0.4, 0.5) is 11.6 Å². The van der Waals surface area contributed by atoms with E-state index < -0.39 is 0 Å². The van der Waals surface area contributed by atoms with Crippen LogP contribution in [0.25, 0.3) is 0 Å². The van der Waals surface area contributed by atoms with E-state index in [1.165, 1.54) is 11.3 Å². The number of nitrogens with zero attached hydrogens (tertiary/aromatic N) is 6. The van der Waals surface area contributed by atoms with Gasteiger partial charge in [0, 0.05) is 70.9 Å². The molecule has 0 spiro atoms. The molecular weight excluding hydrogens is 465 g/mol. The number of hydrogen-bond acceptors (Lipinski definition) is 5. The third-order valence-corrected chi connectivity index (χ3v) is 5.27. The largest absolute Gasteiger partial charge is 0.355 e. The zero-order chi connectivity index (χ0) is 18.5. The number of benzene rings is 1. The molecule has 4 rings (SSSR count). The molecule has 2 aliphatic heterocycles. The predicted octanol–water partition coefficient (Wildman–Crippen LogP) is 1.85. The number of hydrogen-bond donors (Lipinski definition) is 1. The minimum Gasteiger partial charge on any atom is -0.355 e. The van der Waals surface area contributed by atoms with E-state index in [0.717, 1.165) is 64.1 Å². The van der Waals surface area contributed by atoms with Gasteiger partial charge in [0.25, 0.3) is 0 Å². The average molecular weight is 493 g/mol. The second kappa shape index (κ2) is 10.0. The van der Waals surface area contributed by atoms with Crippen LogP contribution < -0.4 is 15.1 Å². The lowest BCUT2D eigenvalue weighted by Gasteiger charge is -2.34. The quantitative estimate of drug-likeness (QED) is 0.399. The molecule has 1 fully saturated rings. The van der Waals surface area contributed by atoms with Gasteiger partial charge < -0.3 is 15.1 Å². The molecule has 1 aromatic heterocycles. The Bertz CT molecular complexity index is 775. The number of rotatable bonds is 4. The molecule has 0 amide bonds. The number of aliphatic imine (C=N–C) groups is 1. The summed E-state index contributed by atoms with van der Waals surface area (Å²) >= 11 is 0. The van der Waals surface area contributed by atoms with Crippen molar-refractivity contribution in [1.82, 2.24) is 20.2 Å². The molecule has 0 aliphatic carbocycles. The van der Waals surface area contributed by atoms with Crippen molar-refractivity contribution in [2.75, 3.05) is 62.7 Å². The van der Waals surface area contributed by atoms with Crippen LogP contribution in [0.15, 0.2) is 47.7 Å². The van der Waals surface area contributed by atoms with Crippen molar-refractivity contribution in [3.8, 4) is 0 Å². The summed E-state index contributed by atoms with van der Waals surface area (Å²) in [5, 5.41) is 3.54. The molecule has 0 atom stereocenters. The fourth-order valence-corrected chi connectivity index (χ4v) is 3.81. The number of halogens is 1. The molecule has 28 heavy (non-hydrogen) atoms. The van der Waals surface area contributed by atoms with Crippen molar-refractivity contribution in [2.45, 2.75) is 6.42 Å². The topological polar surface area (TPSA) is 59.9 Å². The summed E-state index contributed by atoms with van der Waals surface area (Å²) in [4.78, 5) is 20.2. The fourth-order valence-electron chi connectivity index (χ4n) is 3.81. The standard InChI is InChI=1S/C20H27N7.HI/c1-21-19(27-11-7-17-5-2-3-6-18(17)27)24-10-12-25-13-15-26(16-14-25)20-22-8-4-9-23-20;/h2-6,8-9H,7,10-16H2,1H3,(H,21,24);1H. The first-order valence-electron chi connectivity index (χ1n) is 9.65. The fraction of sp³-hybridized carbons (Fsp3) is 0.450. The first-order valence-corrected chi connectivity index (χ1v) is 9.65. The molecule has 7 nitrogen and oxygen atoms in total. The van der Waals surface area contributed by atoms with Crippen LogP contribution in [-0.4, -0.2) is 73.7 Å². The summed E-state index contributed by atoms with van der Waals surface area (Å²) in [6, 6.07) is 10.5. The summed E-state index contributed by atoms with van der Waals surface area (Å²) in [6.45, 7) is 6.91. The van der Waals surface area contributed by atoms with Gasteiger partial charge in [-0.05, 0) is 24.1 Å². The van der Waals surface area contributed by atoms with E-state index in [1.807, 2.05) is 13.1 Å². The molecule has 150 valence electrons. The van der Waals surface area contributed by atoms with Gasteiger partial charge in [-0.25, -0.2) is 9.97 Å². The summed E-state index contributed by atoms with van der Waals surface area (Å²) in [5.41, 5.74) is 2.68. The Hall–Kier alpha value is -1.94. The first-order chi connectivity index (χ1) is 13.3. The molecule has 2 aliphatic rings. The Morgan fingerprint density at radius 3 is 2.54 bits per heavy atom. The maximum Gasteiger partial charge on any atom is 0.225 e. The second-order valence-corrected chi connectivity index (χ2v) is 6.88. The zero-order valence-electron chi connectivity index (χ0n) is 16.3. The number of nitrogens with one attached hydrogen (secondary N) is 1. The van der Waals surface area contributed by atoms with E-state index in [0.29, 0.717) is 0 Å². The van der Waals surface area contributed by atoms with Gasteiger partial charge in [-0.15, -0.1) is 24.0 Å². The van der Waals surface area contributed by atoms with Crippen molar-refractivity contribution in [1.29, 1.82) is 0 Å². The average Bonchev–Trinajstić information content (AvgIpc) is 3.16. The van der Waals surface area contributed by atoms with E-state index in [4.69, 9.17) is 0 Å². The van der Waals surface area contributed by atoms with Gasteiger partial charge in [-0.3, -0.25) is 9.89 Å². The molecular formula is C20H28IN7. The third-order valence-electron chi connectivity index (χ3n) is 5.27. The van der Waals surface area contributed by atoms with Crippen molar-refractivity contribution in [2.24, 2.45) is 4.99 Å². The number of anilines is 2. The Balaban J connectivity index is 0.00000225. The van der Waals surface area contributed by atoms with Crippen LogP contribution in [0.5, 0.6) is 0 Å². The van der Waals surface area contributed by atoms with E-state index in [-0.39, 0.29) is 24.0 Å².